The van der Waals surface area contributed by atoms with E-state index in [1.165, 1.54) is 0 Å². The first-order chi connectivity index (χ1) is 18.0. The van der Waals surface area contributed by atoms with Gasteiger partial charge in [-0.25, -0.2) is 0 Å². The Bertz CT molecular complexity index is 1030. The van der Waals surface area contributed by atoms with E-state index in [9.17, 15) is 14.7 Å². The van der Waals surface area contributed by atoms with Crippen LogP contribution in [0.4, 0.5) is 0 Å². The second-order valence-electron chi connectivity index (χ2n) is 9.87. The summed E-state index contributed by atoms with van der Waals surface area (Å²) in [6.07, 6.45) is 7.85. The fraction of sp³-hybridized carbons (Fsp3) is 0.593. The summed E-state index contributed by atoms with van der Waals surface area (Å²) in [6.45, 7) is 5.52. The zero-order valence-corrected chi connectivity index (χ0v) is 21.6. The number of unbranched alkanes of at least 4 members (excludes halogenated alkanes) is 2. The summed E-state index contributed by atoms with van der Waals surface area (Å²) in [5, 5.41) is 14.7. The normalized spacial score (nSPS) is 20.9. The molecule has 3 N–H and O–H groups in total. The lowest BCUT2D eigenvalue weighted by Crippen LogP contribution is -2.45. The minimum atomic E-state index is -0.853. The van der Waals surface area contributed by atoms with Crippen LogP contribution in [-0.4, -0.2) is 82.1 Å². The molecule has 0 aliphatic carbocycles. The van der Waals surface area contributed by atoms with Crippen LogP contribution in [-0.2, 0) is 16.1 Å². The average Bonchev–Trinajstić information content (AvgIpc) is 3.64. The molecule has 10 heteroatoms. The van der Waals surface area contributed by atoms with Gasteiger partial charge in [0.1, 0.15) is 0 Å². The molecule has 3 unspecified atom stereocenters. The predicted octanol–water partition coefficient (Wildman–Crippen LogP) is 2.54. The van der Waals surface area contributed by atoms with Gasteiger partial charge in [-0.05, 0) is 56.0 Å². The SMILES string of the molecule is CCCCN(CCCCN)C(=O)CN1CC(c2ccc3c(c2)OCO3)C(C(=O)O)C1CCn1cccn1. The standard InChI is InChI=1S/C27H39N5O5/c1-2-3-12-30(13-5-4-10-28)25(33)18-31-17-21(20-7-8-23-24(16-20)37-19-36-23)26(27(34)35)22(31)9-15-32-14-6-11-29-32/h6-8,11,14,16,21-22,26H,2-5,9-10,12-13,15,17-19,28H2,1H3,(H,34,35). The highest BCUT2D eigenvalue weighted by Crippen LogP contribution is 2.42. The molecule has 1 fully saturated rings. The number of rotatable bonds is 14. The van der Waals surface area contributed by atoms with Crippen LogP contribution in [0.2, 0.25) is 0 Å². The second kappa shape index (κ2) is 12.9. The molecule has 1 aromatic carbocycles. The monoisotopic (exact) mass is 513 g/mol. The molecule has 3 atom stereocenters. The van der Waals surface area contributed by atoms with Crippen LogP contribution in [0.5, 0.6) is 11.5 Å². The van der Waals surface area contributed by atoms with Gasteiger partial charge in [0, 0.05) is 50.5 Å². The molecule has 0 bridgehead atoms. The van der Waals surface area contributed by atoms with Crippen LogP contribution in [0.15, 0.2) is 36.7 Å². The molecular weight excluding hydrogens is 474 g/mol. The molecule has 0 saturated carbocycles. The first-order valence-electron chi connectivity index (χ1n) is 13.3. The number of hydrogen-bond acceptors (Lipinski definition) is 7. The molecule has 1 saturated heterocycles. The van der Waals surface area contributed by atoms with Crippen LogP contribution in [0.25, 0.3) is 0 Å². The van der Waals surface area contributed by atoms with Crippen molar-refractivity contribution in [1.29, 1.82) is 0 Å². The molecule has 37 heavy (non-hydrogen) atoms. The molecule has 1 amide bonds. The van der Waals surface area contributed by atoms with Gasteiger partial charge in [-0.3, -0.25) is 19.2 Å². The van der Waals surface area contributed by atoms with Crippen LogP contribution >= 0.6 is 0 Å². The number of amides is 1. The minimum Gasteiger partial charge on any atom is -0.481 e. The van der Waals surface area contributed by atoms with Crippen LogP contribution in [0, 0.1) is 5.92 Å². The molecule has 0 radical (unpaired) electrons. The van der Waals surface area contributed by atoms with E-state index < -0.39 is 11.9 Å². The number of carboxylic acid groups (broad SMARTS) is 1. The molecular formula is C27H39N5O5. The number of carbonyl (C=O) groups is 2. The summed E-state index contributed by atoms with van der Waals surface area (Å²) < 4.78 is 12.8. The number of likely N-dealkylation sites (tertiary alicyclic amines) is 1. The quantitative estimate of drug-likeness (QED) is 0.370. The Morgan fingerprint density at radius 3 is 2.73 bits per heavy atom. The van der Waals surface area contributed by atoms with E-state index in [1.807, 2.05) is 40.0 Å². The first kappa shape index (κ1) is 26.9. The number of benzene rings is 1. The van der Waals surface area contributed by atoms with Crippen molar-refractivity contribution in [3.63, 3.8) is 0 Å². The van der Waals surface area contributed by atoms with Gasteiger partial charge in [-0.15, -0.1) is 0 Å². The summed E-state index contributed by atoms with van der Waals surface area (Å²) >= 11 is 0. The minimum absolute atomic E-state index is 0.0463. The lowest BCUT2D eigenvalue weighted by Gasteiger charge is -2.29. The van der Waals surface area contributed by atoms with Crippen molar-refractivity contribution in [2.75, 3.05) is 39.5 Å². The Morgan fingerprint density at radius 2 is 2.00 bits per heavy atom. The fourth-order valence-corrected chi connectivity index (χ4v) is 5.46. The molecule has 1 aromatic heterocycles. The smallest absolute Gasteiger partial charge is 0.308 e. The van der Waals surface area contributed by atoms with E-state index in [-0.39, 0.29) is 31.2 Å². The molecule has 202 valence electrons. The number of ether oxygens (including phenoxy) is 2. The lowest BCUT2D eigenvalue weighted by atomic mass is 9.84. The van der Waals surface area contributed by atoms with Gasteiger partial charge < -0.3 is 25.2 Å². The number of aryl methyl sites for hydroxylation is 1. The maximum absolute atomic E-state index is 13.5. The van der Waals surface area contributed by atoms with Crippen LogP contribution < -0.4 is 15.2 Å². The number of carbonyl (C=O) groups excluding carboxylic acids is 1. The number of nitrogens with zero attached hydrogens (tertiary/aromatic N) is 4. The number of fused-ring (bicyclic) bond motifs is 1. The van der Waals surface area contributed by atoms with Crippen molar-refractivity contribution in [3.8, 4) is 11.5 Å². The Kier molecular flexibility index (Phi) is 9.40. The summed E-state index contributed by atoms with van der Waals surface area (Å²) in [5.41, 5.74) is 6.56. The van der Waals surface area contributed by atoms with E-state index in [0.717, 1.165) is 31.2 Å². The molecule has 3 heterocycles. The summed E-state index contributed by atoms with van der Waals surface area (Å²) in [7, 11) is 0. The molecule has 10 nitrogen and oxygen atoms in total. The average molecular weight is 514 g/mol. The van der Waals surface area contributed by atoms with Crippen molar-refractivity contribution < 1.29 is 24.2 Å². The molecule has 2 aliphatic rings. The highest BCUT2D eigenvalue weighted by Gasteiger charge is 2.47. The Hall–Kier alpha value is -3.11. The number of hydrogen-bond donors (Lipinski definition) is 2. The molecule has 2 aromatic rings. The van der Waals surface area contributed by atoms with Gasteiger partial charge in [0.25, 0.3) is 0 Å². The van der Waals surface area contributed by atoms with Gasteiger partial charge in [0.15, 0.2) is 11.5 Å². The highest BCUT2D eigenvalue weighted by atomic mass is 16.7. The van der Waals surface area contributed by atoms with Gasteiger partial charge in [0.2, 0.25) is 12.7 Å². The molecule has 4 rings (SSSR count). The number of nitrogens with two attached hydrogens (primary N) is 1. The zero-order valence-electron chi connectivity index (χ0n) is 21.6. The predicted molar refractivity (Wildman–Crippen MR) is 138 cm³/mol. The maximum atomic E-state index is 13.5. The van der Waals surface area contributed by atoms with E-state index in [4.69, 9.17) is 15.2 Å². The van der Waals surface area contributed by atoms with Gasteiger partial charge in [0.05, 0.1) is 12.5 Å². The lowest BCUT2D eigenvalue weighted by molar-refractivity contribution is -0.144. The van der Waals surface area contributed by atoms with Crippen LogP contribution in [0.1, 0.15) is 50.5 Å². The Morgan fingerprint density at radius 1 is 1.19 bits per heavy atom. The highest BCUT2D eigenvalue weighted by molar-refractivity contribution is 5.79. The van der Waals surface area contributed by atoms with Crippen molar-refractivity contribution in [1.82, 2.24) is 19.6 Å². The van der Waals surface area contributed by atoms with Crippen molar-refractivity contribution >= 4 is 11.9 Å². The number of aromatic nitrogens is 2. The number of carboxylic acids is 1. The van der Waals surface area contributed by atoms with Gasteiger partial charge in [-0.2, -0.15) is 5.10 Å². The third-order valence-electron chi connectivity index (χ3n) is 7.43. The van der Waals surface area contributed by atoms with Crippen molar-refractivity contribution in [2.45, 2.75) is 57.5 Å². The zero-order chi connectivity index (χ0) is 26.2. The fourth-order valence-electron chi connectivity index (χ4n) is 5.46. The Labute approximate surface area is 218 Å². The third kappa shape index (κ3) is 6.61. The third-order valence-corrected chi connectivity index (χ3v) is 7.43. The largest absolute Gasteiger partial charge is 0.481 e. The van der Waals surface area contributed by atoms with E-state index >= 15 is 0 Å². The molecule has 0 spiro atoms. The summed E-state index contributed by atoms with van der Waals surface area (Å²) in [5.74, 6) is -0.442. The Balaban J connectivity index is 1.56. The molecule has 2 aliphatic heterocycles. The first-order valence-corrected chi connectivity index (χ1v) is 13.3. The van der Waals surface area contributed by atoms with Crippen molar-refractivity contribution in [2.24, 2.45) is 11.7 Å². The second-order valence-corrected chi connectivity index (χ2v) is 9.87. The van der Waals surface area contributed by atoms with Gasteiger partial charge >= 0.3 is 5.97 Å². The number of aliphatic carboxylic acids is 1. The van der Waals surface area contributed by atoms with Crippen LogP contribution in [0.3, 0.4) is 0 Å². The van der Waals surface area contributed by atoms with E-state index in [1.54, 1.807) is 6.20 Å². The summed E-state index contributed by atoms with van der Waals surface area (Å²) in [6, 6.07) is 7.20. The van der Waals surface area contributed by atoms with E-state index in [0.29, 0.717) is 50.6 Å². The van der Waals surface area contributed by atoms with E-state index in [2.05, 4.69) is 16.9 Å². The van der Waals surface area contributed by atoms with Crippen molar-refractivity contribution in [3.05, 3.63) is 42.2 Å². The topological polar surface area (TPSA) is 123 Å². The summed E-state index contributed by atoms with van der Waals surface area (Å²) in [4.78, 5) is 30.2. The maximum Gasteiger partial charge on any atom is 0.308 e. The van der Waals surface area contributed by atoms with Gasteiger partial charge in [-0.1, -0.05) is 19.4 Å².